The lowest BCUT2D eigenvalue weighted by Gasteiger charge is -2.13. The Balaban J connectivity index is 1.83. The SMILES string of the molecule is Cc1ccc(C)c(N=Nc2c(S(=O)(=O)O)cc3cc(C)c(N=Nc4ccc(SOON)cc4)c(N)c3c2O)c1. The predicted octanol–water partition coefficient (Wildman–Crippen LogP) is 6.96. The number of anilines is 1. The molecule has 0 aromatic heterocycles. The van der Waals surface area contributed by atoms with Crippen LogP contribution in [0, 0.1) is 20.8 Å². The maximum atomic E-state index is 12.2. The molecule has 0 aliphatic carbocycles. The number of nitrogen functional groups attached to an aromatic ring is 1. The van der Waals surface area contributed by atoms with Gasteiger partial charge in [-0.15, -0.1) is 19.6 Å². The van der Waals surface area contributed by atoms with Gasteiger partial charge in [-0.05, 0) is 85.3 Å². The van der Waals surface area contributed by atoms with Crippen molar-refractivity contribution in [3.05, 3.63) is 71.3 Å². The van der Waals surface area contributed by atoms with Gasteiger partial charge in [0.1, 0.15) is 16.3 Å². The normalized spacial score (nSPS) is 12.2. The van der Waals surface area contributed by atoms with Crippen molar-refractivity contribution in [3.63, 3.8) is 0 Å². The molecule has 6 N–H and O–H groups in total. The maximum absolute atomic E-state index is 12.2. The van der Waals surface area contributed by atoms with Crippen molar-refractivity contribution >= 4 is 61.4 Å². The van der Waals surface area contributed by atoms with Gasteiger partial charge in [-0.2, -0.15) is 24.5 Å². The van der Waals surface area contributed by atoms with Crippen LogP contribution in [0.25, 0.3) is 10.8 Å². The van der Waals surface area contributed by atoms with Gasteiger partial charge in [-0.25, -0.2) is 0 Å². The van der Waals surface area contributed by atoms with Crippen LogP contribution in [0.3, 0.4) is 0 Å². The number of fused-ring (bicyclic) bond motifs is 1. The maximum Gasteiger partial charge on any atom is 0.296 e. The first-order chi connectivity index (χ1) is 18.5. The first kappa shape index (κ1) is 28.1. The molecule has 0 saturated heterocycles. The summed E-state index contributed by atoms with van der Waals surface area (Å²) in [6.07, 6.45) is 0. The minimum atomic E-state index is -4.78. The third kappa shape index (κ3) is 6.22. The van der Waals surface area contributed by atoms with Crippen molar-refractivity contribution in [2.75, 3.05) is 5.73 Å². The number of phenols is 1. The Kier molecular flexibility index (Phi) is 8.25. The molecule has 12 nitrogen and oxygen atoms in total. The molecule has 0 heterocycles. The highest BCUT2D eigenvalue weighted by molar-refractivity contribution is 7.94. The lowest BCUT2D eigenvalue weighted by atomic mass is 10.0. The lowest BCUT2D eigenvalue weighted by Crippen LogP contribution is -2.00. The summed E-state index contributed by atoms with van der Waals surface area (Å²) >= 11 is 0.915. The third-order valence-corrected chi connectivity index (χ3v) is 7.19. The van der Waals surface area contributed by atoms with Crippen LogP contribution in [0.2, 0.25) is 0 Å². The topological polar surface area (TPSA) is 195 Å². The van der Waals surface area contributed by atoms with Crippen LogP contribution in [-0.4, -0.2) is 18.1 Å². The van der Waals surface area contributed by atoms with Crippen LogP contribution in [0.15, 0.2) is 84.8 Å². The van der Waals surface area contributed by atoms with E-state index in [1.54, 1.807) is 43.3 Å². The number of benzene rings is 4. The van der Waals surface area contributed by atoms with Crippen molar-refractivity contribution in [2.45, 2.75) is 30.6 Å². The smallest absolute Gasteiger partial charge is 0.296 e. The predicted molar refractivity (Wildman–Crippen MR) is 148 cm³/mol. The van der Waals surface area contributed by atoms with Gasteiger partial charge >= 0.3 is 0 Å². The summed E-state index contributed by atoms with van der Waals surface area (Å²) in [6, 6.07) is 15.0. The van der Waals surface area contributed by atoms with Gasteiger partial charge in [-0.1, -0.05) is 12.1 Å². The quantitative estimate of drug-likeness (QED) is 0.0434. The van der Waals surface area contributed by atoms with Crippen LogP contribution >= 0.6 is 12.0 Å². The first-order valence-electron chi connectivity index (χ1n) is 11.3. The van der Waals surface area contributed by atoms with Crippen LogP contribution in [0.4, 0.5) is 28.4 Å². The minimum Gasteiger partial charge on any atom is -0.505 e. The minimum absolute atomic E-state index is 0.0389. The number of rotatable bonds is 8. The van der Waals surface area contributed by atoms with E-state index in [4.69, 9.17) is 11.6 Å². The van der Waals surface area contributed by atoms with Crippen LogP contribution < -0.4 is 11.6 Å². The highest BCUT2D eigenvalue weighted by atomic mass is 32.2. The summed E-state index contributed by atoms with van der Waals surface area (Å²) in [5, 5.41) is 28.1. The zero-order valence-electron chi connectivity index (χ0n) is 21.0. The molecule has 0 bridgehead atoms. The Morgan fingerprint density at radius 2 is 1.56 bits per heavy atom. The molecule has 0 unspecified atom stereocenters. The molecule has 0 aliphatic heterocycles. The number of aromatic hydroxyl groups is 1. The molecule has 4 aromatic rings. The fraction of sp³-hybridized carbons (Fsp3) is 0.120. The van der Waals surface area contributed by atoms with Gasteiger partial charge in [0.05, 0.1) is 34.5 Å². The van der Waals surface area contributed by atoms with Gasteiger partial charge < -0.3 is 10.8 Å². The summed E-state index contributed by atoms with van der Waals surface area (Å²) in [5.74, 6) is 4.25. The highest BCUT2D eigenvalue weighted by Crippen LogP contribution is 2.47. The van der Waals surface area contributed by atoms with E-state index in [2.05, 4.69) is 29.8 Å². The van der Waals surface area contributed by atoms with Crippen LogP contribution in [0.1, 0.15) is 16.7 Å². The van der Waals surface area contributed by atoms with Gasteiger partial charge in [0.15, 0.2) is 5.75 Å². The van der Waals surface area contributed by atoms with Crippen molar-refractivity contribution in [3.8, 4) is 5.75 Å². The molecule has 4 aromatic carbocycles. The summed E-state index contributed by atoms with van der Waals surface area (Å²) in [4.78, 5) is 4.16. The third-order valence-electron chi connectivity index (χ3n) is 5.71. The van der Waals surface area contributed by atoms with E-state index in [1.807, 2.05) is 26.0 Å². The van der Waals surface area contributed by atoms with Crippen molar-refractivity contribution in [2.24, 2.45) is 26.4 Å². The molecule has 4 rings (SSSR count). The second kappa shape index (κ2) is 11.4. The molecule has 0 aliphatic rings. The van der Waals surface area contributed by atoms with E-state index in [9.17, 15) is 18.1 Å². The summed E-state index contributed by atoms with van der Waals surface area (Å²) in [5.41, 5.74) is 9.45. The Labute approximate surface area is 228 Å². The number of phenolic OH excluding ortho intramolecular Hbond substituents is 1. The summed E-state index contributed by atoms with van der Waals surface area (Å²) in [6.45, 7) is 5.38. The first-order valence-corrected chi connectivity index (χ1v) is 13.4. The van der Waals surface area contributed by atoms with Crippen molar-refractivity contribution in [1.29, 1.82) is 0 Å². The van der Waals surface area contributed by atoms with Crippen molar-refractivity contribution < 1.29 is 27.4 Å². The molecule has 14 heteroatoms. The number of hydrogen-bond donors (Lipinski definition) is 4. The molecule has 39 heavy (non-hydrogen) atoms. The molecular formula is C25H24N6O6S2. The number of aryl methyl sites for hydroxylation is 3. The Morgan fingerprint density at radius 3 is 2.23 bits per heavy atom. The summed E-state index contributed by atoms with van der Waals surface area (Å²) < 4.78 is 38.9. The largest absolute Gasteiger partial charge is 0.505 e. The molecule has 0 spiro atoms. The standard InChI is InChI=1S/C25H24N6O6S2/c1-13-4-5-14(2)19(10-13)29-31-24-20(39(33,34)35)12-16-11-15(3)23(22(26)21(16)25(24)32)30-28-17-6-8-18(9-7-17)38-37-36-27/h4-12,32H,26-27H2,1-3H3,(H,33,34,35). The fourth-order valence-electron chi connectivity index (χ4n) is 3.77. The average Bonchev–Trinajstić information content (AvgIpc) is 2.88. The average molecular weight is 569 g/mol. The van der Waals surface area contributed by atoms with Crippen molar-refractivity contribution in [1.82, 2.24) is 0 Å². The zero-order valence-corrected chi connectivity index (χ0v) is 22.6. The highest BCUT2D eigenvalue weighted by Gasteiger charge is 2.24. The Bertz CT molecular complexity index is 1720. The molecule has 0 saturated carbocycles. The number of nitrogens with two attached hydrogens (primary N) is 2. The second-order valence-corrected chi connectivity index (χ2v) is 10.7. The lowest BCUT2D eigenvalue weighted by molar-refractivity contribution is -0.195. The molecule has 0 amide bonds. The molecule has 0 radical (unpaired) electrons. The van der Waals surface area contributed by atoms with Crippen LogP contribution in [0.5, 0.6) is 5.75 Å². The molecule has 0 atom stereocenters. The van der Waals surface area contributed by atoms with Crippen LogP contribution in [-0.2, 0) is 19.4 Å². The number of hydrogen-bond acceptors (Lipinski definition) is 12. The molecule has 0 fully saturated rings. The fourth-order valence-corrected chi connectivity index (χ4v) is 4.80. The van der Waals surface area contributed by atoms with E-state index in [0.29, 0.717) is 21.8 Å². The second-order valence-electron chi connectivity index (χ2n) is 8.53. The van der Waals surface area contributed by atoms with E-state index in [-0.39, 0.29) is 22.1 Å². The van der Waals surface area contributed by atoms with E-state index in [1.165, 1.54) is 6.07 Å². The van der Waals surface area contributed by atoms with E-state index in [0.717, 1.165) is 23.2 Å². The zero-order chi connectivity index (χ0) is 28.3. The monoisotopic (exact) mass is 568 g/mol. The molecular weight excluding hydrogens is 544 g/mol. The van der Waals surface area contributed by atoms with E-state index < -0.39 is 26.5 Å². The van der Waals surface area contributed by atoms with Gasteiger partial charge in [-0.3, -0.25) is 4.55 Å². The number of azo groups is 2. The Hall–Kier alpha value is -3.92. The van der Waals surface area contributed by atoms with Gasteiger partial charge in [0.25, 0.3) is 10.1 Å². The molecule has 202 valence electrons. The van der Waals surface area contributed by atoms with Gasteiger partial charge in [0, 0.05) is 4.90 Å². The Morgan fingerprint density at radius 1 is 0.872 bits per heavy atom. The summed E-state index contributed by atoms with van der Waals surface area (Å²) in [7, 11) is -4.78. The number of nitrogens with zero attached hydrogens (tertiary/aromatic N) is 4. The van der Waals surface area contributed by atoms with Gasteiger partial charge in [0.2, 0.25) is 0 Å². The van der Waals surface area contributed by atoms with E-state index >= 15 is 0 Å².